The maximum Gasteiger partial charge on any atom is -0.0140 e. The molecule has 0 N–H and O–H groups in total. The van der Waals surface area contributed by atoms with E-state index in [-0.39, 0.29) is 0 Å². The highest BCUT2D eigenvalue weighted by Gasteiger charge is 1.68. The molecule has 0 aliphatic carbocycles. The van der Waals surface area contributed by atoms with Crippen molar-refractivity contribution >= 4 is 0 Å². The number of hydrogen-bond donors (Lipinski definition) is 0. The monoisotopic (exact) mass is 131 g/mol. The van der Waals surface area contributed by atoms with Gasteiger partial charge in [0.15, 0.2) is 0 Å². The maximum absolute atomic E-state index is 2.21. The summed E-state index contributed by atoms with van der Waals surface area (Å²) in [5.74, 6) is 0. The Kier molecular flexibility index (Phi) is 14.1. The Morgan fingerprint density at radius 3 is 1.11 bits per heavy atom. The number of hydrogen-bond acceptors (Lipinski definition) is 1. The van der Waals surface area contributed by atoms with Crippen molar-refractivity contribution in [1.82, 2.24) is 4.90 Å². The van der Waals surface area contributed by atoms with Gasteiger partial charge in [0, 0.05) is 0 Å². The summed E-state index contributed by atoms with van der Waals surface area (Å²) >= 11 is 0. The fourth-order valence-electron chi connectivity index (χ4n) is 0.354. The molecule has 0 rings (SSSR count). The highest BCUT2D eigenvalue weighted by molar-refractivity contribution is 4.24. The summed E-state index contributed by atoms with van der Waals surface area (Å²) in [5, 5.41) is 0. The fourth-order valence-corrected chi connectivity index (χ4v) is 0.354. The van der Waals surface area contributed by atoms with E-state index in [0.29, 0.717) is 0 Å². The number of nitrogens with zero attached hydrogens (tertiary/aromatic N) is 1. The minimum atomic E-state index is 1.34. The third kappa shape index (κ3) is 73.6. The molecule has 0 radical (unpaired) electrons. The summed E-state index contributed by atoms with van der Waals surface area (Å²) in [4.78, 5) is 2.00. The average Bonchev–Trinajstić information content (AvgIpc) is 1.66. The molecule has 0 aliphatic rings. The van der Waals surface area contributed by atoms with Crippen LogP contribution in [-0.4, -0.2) is 26.0 Å². The quantitative estimate of drug-likeness (QED) is 0.556. The number of rotatable bonds is 2. The van der Waals surface area contributed by atoms with Gasteiger partial charge >= 0.3 is 0 Å². The first-order chi connectivity index (χ1) is 4.15. The average molecular weight is 131 g/mol. The second-order valence-electron chi connectivity index (χ2n) is 2.70. The minimum absolute atomic E-state index is 1.34. The van der Waals surface area contributed by atoms with Crippen molar-refractivity contribution < 1.29 is 0 Å². The molecule has 0 saturated carbocycles. The molecular weight excluding hydrogens is 110 g/mol. The van der Waals surface area contributed by atoms with Gasteiger partial charge in [-0.25, -0.2) is 0 Å². The Morgan fingerprint density at radius 2 is 1.11 bits per heavy atom. The summed E-state index contributed by atoms with van der Waals surface area (Å²) in [6.07, 6.45) is 4.08. The van der Waals surface area contributed by atoms with E-state index in [1.54, 1.807) is 0 Å². The Labute approximate surface area is 60.1 Å². The molecule has 0 heterocycles. The summed E-state index contributed by atoms with van der Waals surface area (Å²) < 4.78 is 0. The summed E-state index contributed by atoms with van der Waals surface area (Å²) in [6, 6.07) is 0. The molecule has 0 aliphatic heterocycles. The summed E-state index contributed by atoms with van der Waals surface area (Å²) in [6.45, 7) is 4.42. The van der Waals surface area contributed by atoms with Gasteiger partial charge in [-0.1, -0.05) is 33.1 Å². The maximum atomic E-state index is 2.21. The smallest absolute Gasteiger partial charge is 0.0140 e. The minimum Gasteiger partial charge on any atom is -0.312 e. The van der Waals surface area contributed by atoms with Gasteiger partial charge in [-0.2, -0.15) is 0 Å². The van der Waals surface area contributed by atoms with Crippen LogP contribution in [0.3, 0.4) is 0 Å². The van der Waals surface area contributed by atoms with Gasteiger partial charge in [0.25, 0.3) is 0 Å². The molecule has 0 unspecified atom stereocenters. The van der Waals surface area contributed by atoms with Crippen LogP contribution in [0.1, 0.15) is 33.1 Å². The van der Waals surface area contributed by atoms with Gasteiger partial charge in [0.05, 0.1) is 0 Å². The van der Waals surface area contributed by atoms with E-state index >= 15 is 0 Å². The van der Waals surface area contributed by atoms with Crippen LogP contribution in [0.25, 0.3) is 0 Å². The van der Waals surface area contributed by atoms with Crippen molar-refractivity contribution in [3.05, 3.63) is 0 Å². The molecule has 0 fully saturated rings. The zero-order valence-corrected chi connectivity index (χ0v) is 7.57. The van der Waals surface area contributed by atoms with E-state index in [1.807, 2.05) is 26.0 Å². The lowest BCUT2D eigenvalue weighted by atomic mass is 10.3. The molecule has 0 aromatic carbocycles. The second-order valence-corrected chi connectivity index (χ2v) is 2.70. The molecule has 0 amide bonds. The first-order valence-corrected chi connectivity index (χ1v) is 3.76. The summed E-state index contributed by atoms with van der Waals surface area (Å²) in [7, 11) is 6.00. The van der Waals surface area contributed by atoms with E-state index in [4.69, 9.17) is 0 Å². The van der Waals surface area contributed by atoms with Crippen LogP contribution >= 0.6 is 0 Å². The van der Waals surface area contributed by atoms with Crippen molar-refractivity contribution in [3.63, 3.8) is 0 Å². The topological polar surface area (TPSA) is 3.24 Å². The van der Waals surface area contributed by atoms with Crippen molar-refractivity contribution in [1.29, 1.82) is 0 Å². The SMILES string of the molecule is CCCCC.CN(C)C. The van der Waals surface area contributed by atoms with Crippen LogP contribution < -0.4 is 0 Å². The van der Waals surface area contributed by atoms with Crippen LogP contribution in [0, 0.1) is 0 Å². The van der Waals surface area contributed by atoms with E-state index in [0.717, 1.165) is 0 Å². The third-order valence-electron chi connectivity index (χ3n) is 0.707. The zero-order chi connectivity index (χ0) is 7.70. The van der Waals surface area contributed by atoms with E-state index in [2.05, 4.69) is 13.8 Å². The second kappa shape index (κ2) is 10.9. The molecule has 1 heteroatoms. The van der Waals surface area contributed by atoms with Gasteiger partial charge < -0.3 is 4.90 Å². The highest BCUT2D eigenvalue weighted by atomic mass is 15.0. The Morgan fingerprint density at radius 1 is 0.889 bits per heavy atom. The molecule has 0 spiro atoms. The van der Waals surface area contributed by atoms with Crippen molar-refractivity contribution in [2.75, 3.05) is 21.1 Å². The van der Waals surface area contributed by atoms with Crippen molar-refractivity contribution in [2.45, 2.75) is 33.1 Å². The predicted octanol–water partition coefficient (Wildman–Crippen LogP) is 2.37. The lowest BCUT2D eigenvalue weighted by molar-refractivity contribution is 0.505. The van der Waals surface area contributed by atoms with Gasteiger partial charge in [0.2, 0.25) is 0 Å². The molecule has 0 aromatic heterocycles. The van der Waals surface area contributed by atoms with Crippen LogP contribution in [0.15, 0.2) is 0 Å². The number of unbranched alkanes of at least 4 members (excludes halogenated alkanes) is 2. The van der Waals surface area contributed by atoms with E-state index in [1.165, 1.54) is 19.3 Å². The van der Waals surface area contributed by atoms with Gasteiger partial charge in [0.1, 0.15) is 0 Å². The van der Waals surface area contributed by atoms with E-state index in [9.17, 15) is 0 Å². The molecule has 0 aromatic rings. The highest BCUT2D eigenvalue weighted by Crippen LogP contribution is 1.88. The normalized spacial score (nSPS) is 8.67. The first-order valence-electron chi connectivity index (χ1n) is 3.76. The molecule has 9 heavy (non-hydrogen) atoms. The van der Waals surface area contributed by atoms with E-state index < -0.39 is 0 Å². The fraction of sp³-hybridized carbons (Fsp3) is 1.00. The Bertz CT molecular complexity index is 28.8. The zero-order valence-electron chi connectivity index (χ0n) is 7.57. The molecule has 0 bridgehead atoms. The standard InChI is InChI=1S/C5H12.C3H9N/c1-3-5-4-2;1-4(2)3/h3-5H2,1-2H3;1-3H3. The first kappa shape index (κ1) is 11.7. The Hall–Kier alpha value is -0.0400. The predicted molar refractivity (Wildman–Crippen MR) is 44.8 cm³/mol. The largest absolute Gasteiger partial charge is 0.312 e. The molecule has 58 valence electrons. The lowest BCUT2D eigenvalue weighted by Gasteiger charge is -1.90. The van der Waals surface area contributed by atoms with Gasteiger partial charge in [-0.15, -0.1) is 0 Å². The Balaban J connectivity index is 0. The van der Waals surface area contributed by atoms with Crippen LogP contribution in [0.2, 0.25) is 0 Å². The summed E-state index contributed by atoms with van der Waals surface area (Å²) in [5.41, 5.74) is 0. The molecule has 0 atom stereocenters. The lowest BCUT2D eigenvalue weighted by Crippen LogP contribution is -1.99. The molecule has 0 saturated heterocycles. The third-order valence-corrected chi connectivity index (χ3v) is 0.707. The van der Waals surface area contributed by atoms with Crippen LogP contribution in [-0.2, 0) is 0 Å². The van der Waals surface area contributed by atoms with Crippen molar-refractivity contribution in [3.8, 4) is 0 Å². The van der Waals surface area contributed by atoms with Crippen LogP contribution in [0.4, 0.5) is 0 Å². The van der Waals surface area contributed by atoms with Crippen molar-refractivity contribution in [2.24, 2.45) is 0 Å². The van der Waals surface area contributed by atoms with Gasteiger partial charge in [-0.05, 0) is 21.1 Å². The molecule has 1 nitrogen and oxygen atoms in total. The van der Waals surface area contributed by atoms with Gasteiger partial charge in [-0.3, -0.25) is 0 Å². The molecular formula is C8H21N. The van der Waals surface area contributed by atoms with Crippen LogP contribution in [0.5, 0.6) is 0 Å².